The molecule has 6 atom stereocenters. The van der Waals surface area contributed by atoms with E-state index in [1.807, 2.05) is 93.6 Å². The van der Waals surface area contributed by atoms with Gasteiger partial charge in [-0.15, -0.1) is 0 Å². The van der Waals surface area contributed by atoms with E-state index in [1.54, 1.807) is 4.90 Å². The zero-order valence-electron chi connectivity index (χ0n) is 25.8. The van der Waals surface area contributed by atoms with Crippen molar-refractivity contribution in [2.45, 2.75) is 76.2 Å². The molecule has 0 aliphatic carbocycles. The molecule has 2 saturated heterocycles. The number of likely N-dealkylation sites (tertiary alicyclic amines) is 1. The minimum Gasteiger partial charge on any atom is -0.465 e. The number of rotatable bonds is 6. The summed E-state index contributed by atoms with van der Waals surface area (Å²) >= 11 is 0. The predicted molar refractivity (Wildman–Crippen MR) is 167 cm³/mol. The van der Waals surface area contributed by atoms with Crippen LogP contribution in [-0.4, -0.2) is 70.8 Å². The highest BCUT2D eigenvalue weighted by atomic mass is 16.6. The van der Waals surface area contributed by atoms with E-state index >= 15 is 0 Å². The highest BCUT2D eigenvalue weighted by Crippen LogP contribution is 2.58. The Morgan fingerprint density at radius 2 is 1.77 bits per heavy atom. The van der Waals surface area contributed by atoms with Gasteiger partial charge in [-0.2, -0.15) is 0 Å². The third kappa shape index (κ3) is 4.88. The van der Waals surface area contributed by atoms with E-state index in [-0.39, 0.29) is 31.6 Å². The first-order chi connectivity index (χ1) is 21.3. The monoisotopic (exact) mass is 598 g/mol. The molecule has 1 unspecified atom stereocenters. The zero-order chi connectivity index (χ0) is 31.1. The van der Waals surface area contributed by atoms with Crippen molar-refractivity contribution in [1.82, 2.24) is 4.90 Å². The molecule has 8 nitrogen and oxygen atoms in total. The molecule has 232 valence electrons. The maximum Gasteiger partial charge on any atom is 0.313 e. The van der Waals surface area contributed by atoms with Gasteiger partial charge in [0.1, 0.15) is 23.2 Å². The third-order valence-electron chi connectivity index (χ3n) is 9.89. The Labute approximate surface area is 259 Å². The Kier molecular flexibility index (Phi) is 8.24. The highest BCUT2D eigenvalue weighted by molar-refractivity contribution is 6.06. The van der Waals surface area contributed by atoms with Gasteiger partial charge in [-0.3, -0.25) is 14.4 Å². The average Bonchev–Trinajstić information content (AvgIpc) is 3.39. The van der Waals surface area contributed by atoms with E-state index in [2.05, 4.69) is 0 Å². The lowest BCUT2D eigenvalue weighted by Gasteiger charge is -2.41. The van der Waals surface area contributed by atoms with Crippen molar-refractivity contribution in [3.8, 4) is 0 Å². The minimum atomic E-state index is -1.43. The molecular formula is C36H42N2O6. The summed E-state index contributed by atoms with van der Waals surface area (Å²) in [7, 11) is 0. The summed E-state index contributed by atoms with van der Waals surface area (Å²) in [6.45, 7) is 6.09. The van der Waals surface area contributed by atoms with Crippen molar-refractivity contribution >= 4 is 23.5 Å². The number of carbonyl (C=O) groups is 3. The van der Waals surface area contributed by atoms with Crippen LogP contribution in [0.15, 0.2) is 72.8 Å². The van der Waals surface area contributed by atoms with Crippen LogP contribution in [0.3, 0.4) is 0 Å². The maximum absolute atomic E-state index is 15.0. The number of fused-ring (bicyclic) bond motifs is 2. The number of anilines is 1. The fourth-order valence-electron chi connectivity index (χ4n) is 7.73. The second-order valence-corrected chi connectivity index (χ2v) is 12.6. The molecule has 4 heterocycles. The molecule has 8 heteroatoms. The highest BCUT2D eigenvalue weighted by Gasteiger charge is 2.76. The summed E-state index contributed by atoms with van der Waals surface area (Å²) in [5.41, 5.74) is 1.09. The van der Waals surface area contributed by atoms with Crippen molar-refractivity contribution in [1.29, 1.82) is 0 Å². The number of cyclic esters (lactones) is 1. The second-order valence-electron chi connectivity index (χ2n) is 12.6. The van der Waals surface area contributed by atoms with Gasteiger partial charge >= 0.3 is 5.97 Å². The van der Waals surface area contributed by atoms with Crippen molar-refractivity contribution in [3.63, 3.8) is 0 Å². The SMILES string of the molecule is CC[C@]12/C=C\CCCCOC(=O)[C@H]1[C@H]1C(=O)N([C@@H](CO)Cc3ccccc3)C3C(=O)N(c4cc(C)ccc4C)CC=C[C@@]31O2. The third-order valence-corrected chi connectivity index (χ3v) is 9.89. The molecule has 0 saturated carbocycles. The Morgan fingerprint density at radius 1 is 0.977 bits per heavy atom. The van der Waals surface area contributed by atoms with Crippen molar-refractivity contribution in [2.75, 3.05) is 24.7 Å². The molecule has 2 aromatic carbocycles. The summed E-state index contributed by atoms with van der Waals surface area (Å²) in [5, 5.41) is 10.8. The summed E-state index contributed by atoms with van der Waals surface area (Å²) in [6.07, 6.45) is 10.9. The van der Waals surface area contributed by atoms with Gasteiger partial charge < -0.3 is 24.4 Å². The van der Waals surface area contributed by atoms with E-state index < -0.39 is 41.1 Å². The number of esters is 1. The number of ether oxygens (including phenoxy) is 2. The molecule has 4 aliphatic heterocycles. The largest absolute Gasteiger partial charge is 0.465 e. The van der Waals surface area contributed by atoms with E-state index in [1.165, 1.54) is 4.90 Å². The molecule has 2 amide bonds. The predicted octanol–water partition coefficient (Wildman–Crippen LogP) is 4.45. The standard InChI is InChI=1S/C36H42N2O6/c1-4-35-17-10-5-6-11-20-43-34(42)30(35)29-32(40)38(27(23-39)22-26-13-8-7-9-14-26)31-33(41)37(19-12-18-36(29,31)44-35)28-21-24(2)15-16-25(28)3/h7-10,12-18,21,27,29-31,39H,4-6,11,19-20,22-23H2,1-3H3/b17-10-/t27-,29+,30-,31?,35+,36+/m1/s1. The topological polar surface area (TPSA) is 96.4 Å². The Hall–Kier alpha value is -3.75. The van der Waals surface area contributed by atoms with Crippen LogP contribution in [-0.2, 0) is 30.3 Å². The van der Waals surface area contributed by atoms with Gasteiger partial charge in [-0.05, 0) is 68.7 Å². The molecule has 6 rings (SSSR count). The molecule has 2 aromatic rings. The van der Waals surface area contributed by atoms with E-state index in [0.717, 1.165) is 41.6 Å². The molecule has 0 aromatic heterocycles. The van der Waals surface area contributed by atoms with Crippen LogP contribution in [0.25, 0.3) is 0 Å². The second kappa shape index (κ2) is 12.0. The van der Waals surface area contributed by atoms with Gasteiger partial charge in [0.2, 0.25) is 5.91 Å². The van der Waals surface area contributed by atoms with Crippen LogP contribution in [0.4, 0.5) is 5.69 Å². The first kappa shape index (κ1) is 30.3. The number of amides is 2. The van der Waals surface area contributed by atoms with Crippen molar-refractivity contribution < 1.29 is 29.0 Å². The summed E-state index contributed by atoms with van der Waals surface area (Å²) in [5.74, 6) is -3.07. The average molecular weight is 599 g/mol. The number of aliphatic hydroxyl groups excluding tert-OH is 1. The lowest BCUT2D eigenvalue weighted by atomic mass is 9.73. The van der Waals surface area contributed by atoms with Crippen LogP contribution in [0, 0.1) is 25.7 Å². The van der Waals surface area contributed by atoms with E-state index in [4.69, 9.17) is 9.47 Å². The van der Waals surface area contributed by atoms with Gasteiger partial charge in [0.25, 0.3) is 5.91 Å². The number of aryl methyl sites for hydroxylation is 2. The van der Waals surface area contributed by atoms with Gasteiger partial charge in [0, 0.05) is 12.2 Å². The Morgan fingerprint density at radius 3 is 2.52 bits per heavy atom. The molecular weight excluding hydrogens is 556 g/mol. The number of benzene rings is 2. The summed E-state index contributed by atoms with van der Waals surface area (Å²) in [6, 6.07) is 13.8. The summed E-state index contributed by atoms with van der Waals surface area (Å²) < 4.78 is 12.9. The molecule has 1 spiro atoms. The van der Waals surface area contributed by atoms with Crippen molar-refractivity contribution in [2.24, 2.45) is 11.8 Å². The Balaban J connectivity index is 1.53. The number of hydrogen-bond acceptors (Lipinski definition) is 6. The number of carbonyl (C=O) groups excluding carboxylic acids is 3. The lowest BCUT2D eigenvalue weighted by molar-refractivity contribution is -0.161. The molecule has 0 bridgehead atoms. The van der Waals surface area contributed by atoms with Crippen LogP contribution in [0.1, 0.15) is 49.3 Å². The molecule has 4 aliphatic rings. The molecule has 44 heavy (non-hydrogen) atoms. The first-order valence-corrected chi connectivity index (χ1v) is 15.8. The van der Waals surface area contributed by atoms with Gasteiger partial charge in [0.05, 0.1) is 25.2 Å². The fourth-order valence-corrected chi connectivity index (χ4v) is 7.73. The van der Waals surface area contributed by atoms with Crippen LogP contribution in [0.5, 0.6) is 0 Å². The minimum absolute atomic E-state index is 0.270. The first-order valence-electron chi connectivity index (χ1n) is 15.8. The molecule has 0 radical (unpaired) electrons. The van der Waals surface area contributed by atoms with Gasteiger partial charge in [-0.25, -0.2) is 0 Å². The van der Waals surface area contributed by atoms with E-state index in [9.17, 15) is 19.5 Å². The van der Waals surface area contributed by atoms with E-state index in [0.29, 0.717) is 12.8 Å². The lowest BCUT2D eigenvalue weighted by Crippen LogP contribution is -2.59. The van der Waals surface area contributed by atoms with Gasteiger partial charge in [-0.1, -0.05) is 73.7 Å². The molecule has 2 fully saturated rings. The normalized spacial score (nSPS) is 31.5. The number of aliphatic hydroxyl groups is 1. The quantitative estimate of drug-likeness (QED) is 0.390. The number of hydrogen-bond donors (Lipinski definition) is 1. The van der Waals surface area contributed by atoms with Crippen LogP contribution < -0.4 is 4.90 Å². The smallest absolute Gasteiger partial charge is 0.313 e. The zero-order valence-corrected chi connectivity index (χ0v) is 25.8. The number of allylic oxidation sites excluding steroid dienone is 1. The summed E-state index contributed by atoms with van der Waals surface area (Å²) in [4.78, 5) is 47.0. The van der Waals surface area contributed by atoms with Crippen LogP contribution >= 0.6 is 0 Å². The van der Waals surface area contributed by atoms with Gasteiger partial charge in [0.15, 0.2) is 0 Å². The van der Waals surface area contributed by atoms with Crippen LogP contribution in [0.2, 0.25) is 0 Å². The van der Waals surface area contributed by atoms with Crippen molar-refractivity contribution in [3.05, 3.63) is 89.5 Å². The molecule has 1 N–H and O–H groups in total. The fraction of sp³-hybridized carbons (Fsp3) is 0.472. The number of nitrogens with zero attached hydrogens (tertiary/aromatic N) is 2. The maximum atomic E-state index is 15.0. The Bertz CT molecular complexity index is 1490.